The molecular formula is C16H15N3O2. The van der Waals surface area contributed by atoms with Gasteiger partial charge in [-0.3, -0.25) is 4.79 Å². The number of rotatable bonds is 5. The van der Waals surface area contributed by atoms with E-state index in [-0.39, 0.29) is 18.4 Å². The zero-order chi connectivity index (χ0) is 14.5. The molecule has 0 aliphatic rings. The number of nitrogens with zero attached hydrogens (tertiary/aromatic N) is 2. The van der Waals surface area contributed by atoms with E-state index in [0.29, 0.717) is 5.82 Å². The Labute approximate surface area is 122 Å². The van der Waals surface area contributed by atoms with E-state index in [1.807, 2.05) is 47.3 Å². The maximum atomic E-state index is 12.2. The first-order chi connectivity index (χ1) is 10.3. The summed E-state index contributed by atoms with van der Waals surface area (Å²) in [5, 5.41) is 2.79. The molecule has 0 fully saturated rings. The Morgan fingerprint density at radius 2 is 2.05 bits per heavy atom. The van der Waals surface area contributed by atoms with Crippen molar-refractivity contribution in [2.75, 3.05) is 5.32 Å². The second kappa shape index (κ2) is 6.09. The van der Waals surface area contributed by atoms with Gasteiger partial charge in [0.15, 0.2) is 0 Å². The highest BCUT2D eigenvalue weighted by Crippen LogP contribution is 2.23. The number of carbonyl (C=O) groups is 1. The van der Waals surface area contributed by atoms with Gasteiger partial charge in [-0.15, -0.1) is 0 Å². The quantitative estimate of drug-likeness (QED) is 0.781. The van der Waals surface area contributed by atoms with Crippen LogP contribution in [-0.2, 0) is 4.79 Å². The minimum absolute atomic E-state index is 0.108. The molecule has 21 heavy (non-hydrogen) atoms. The Hall–Kier alpha value is -2.82. The van der Waals surface area contributed by atoms with Gasteiger partial charge in [0.2, 0.25) is 5.91 Å². The van der Waals surface area contributed by atoms with Gasteiger partial charge in [0.25, 0.3) is 0 Å². The second-order valence-electron chi connectivity index (χ2n) is 4.63. The van der Waals surface area contributed by atoms with Crippen molar-refractivity contribution in [1.82, 2.24) is 9.55 Å². The molecule has 106 valence electrons. The van der Waals surface area contributed by atoms with Crippen molar-refractivity contribution in [3.63, 3.8) is 0 Å². The van der Waals surface area contributed by atoms with Crippen LogP contribution in [0.3, 0.4) is 0 Å². The number of carbonyl (C=O) groups excluding carboxylic acids is 1. The molecule has 0 spiro atoms. The zero-order valence-corrected chi connectivity index (χ0v) is 11.3. The van der Waals surface area contributed by atoms with Crippen LogP contribution in [0.5, 0.6) is 0 Å². The van der Waals surface area contributed by atoms with Crippen molar-refractivity contribution in [2.45, 2.75) is 12.5 Å². The first-order valence-electron chi connectivity index (χ1n) is 6.69. The number of pyridine rings is 1. The van der Waals surface area contributed by atoms with Crippen molar-refractivity contribution in [1.29, 1.82) is 0 Å². The van der Waals surface area contributed by atoms with Crippen LogP contribution in [-0.4, -0.2) is 15.5 Å². The van der Waals surface area contributed by atoms with Gasteiger partial charge in [0.05, 0.1) is 18.7 Å². The Morgan fingerprint density at radius 3 is 2.71 bits per heavy atom. The molecule has 0 aliphatic carbocycles. The number of hydrogen-bond donors (Lipinski definition) is 1. The summed E-state index contributed by atoms with van der Waals surface area (Å²) < 4.78 is 7.41. The minimum Gasteiger partial charge on any atom is -0.467 e. The molecule has 0 aliphatic heterocycles. The highest BCUT2D eigenvalue weighted by atomic mass is 16.3. The predicted octanol–water partition coefficient (Wildman–Crippen LogP) is 3.09. The predicted molar refractivity (Wildman–Crippen MR) is 78.8 cm³/mol. The van der Waals surface area contributed by atoms with Crippen LogP contribution < -0.4 is 5.32 Å². The second-order valence-corrected chi connectivity index (χ2v) is 4.63. The maximum Gasteiger partial charge on any atom is 0.228 e. The summed E-state index contributed by atoms with van der Waals surface area (Å²) in [5.74, 6) is 1.19. The topological polar surface area (TPSA) is 60.1 Å². The largest absolute Gasteiger partial charge is 0.467 e. The zero-order valence-electron chi connectivity index (χ0n) is 11.3. The molecule has 0 saturated heterocycles. The van der Waals surface area contributed by atoms with Crippen LogP contribution in [0.1, 0.15) is 18.2 Å². The summed E-state index contributed by atoms with van der Waals surface area (Å²) in [5.41, 5.74) is 0. The Morgan fingerprint density at radius 1 is 1.19 bits per heavy atom. The Kier molecular flexibility index (Phi) is 3.82. The smallest absolute Gasteiger partial charge is 0.228 e. The summed E-state index contributed by atoms with van der Waals surface area (Å²) >= 11 is 0. The summed E-state index contributed by atoms with van der Waals surface area (Å²) in [4.78, 5) is 16.3. The van der Waals surface area contributed by atoms with E-state index < -0.39 is 0 Å². The van der Waals surface area contributed by atoms with Gasteiger partial charge < -0.3 is 14.3 Å². The van der Waals surface area contributed by atoms with Crippen LogP contribution >= 0.6 is 0 Å². The standard InChI is InChI=1S/C16H15N3O2/c20-16(18-15-7-1-2-8-17-15)12-13(14-6-5-11-21-14)19-9-3-4-10-19/h1-11,13H,12H2,(H,17,18,20). The molecule has 3 heterocycles. The Balaban J connectivity index is 1.75. The maximum absolute atomic E-state index is 12.2. The SMILES string of the molecule is O=C(CC(c1ccco1)n1cccc1)Nc1ccccn1. The van der Waals surface area contributed by atoms with Crippen LogP contribution in [0.15, 0.2) is 71.7 Å². The average molecular weight is 281 g/mol. The molecule has 0 radical (unpaired) electrons. The van der Waals surface area contributed by atoms with Gasteiger partial charge in [0, 0.05) is 18.6 Å². The van der Waals surface area contributed by atoms with E-state index in [1.165, 1.54) is 0 Å². The van der Waals surface area contributed by atoms with Crippen LogP contribution in [0.2, 0.25) is 0 Å². The summed E-state index contributed by atoms with van der Waals surface area (Å²) in [7, 11) is 0. The molecule has 1 amide bonds. The van der Waals surface area contributed by atoms with E-state index >= 15 is 0 Å². The molecule has 3 rings (SSSR count). The average Bonchev–Trinajstić information content (AvgIpc) is 3.19. The van der Waals surface area contributed by atoms with Gasteiger partial charge in [-0.05, 0) is 36.4 Å². The minimum atomic E-state index is -0.168. The van der Waals surface area contributed by atoms with Gasteiger partial charge in [-0.25, -0.2) is 4.98 Å². The molecule has 1 atom stereocenters. The first-order valence-corrected chi connectivity index (χ1v) is 6.69. The highest BCUT2D eigenvalue weighted by molar-refractivity contribution is 5.90. The molecule has 3 aromatic rings. The van der Waals surface area contributed by atoms with E-state index in [1.54, 1.807) is 24.6 Å². The van der Waals surface area contributed by atoms with Crippen molar-refractivity contribution >= 4 is 11.7 Å². The van der Waals surface area contributed by atoms with Gasteiger partial charge in [0.1, 0.15) is 11.6 Å². The fourth-order valence-corrected chi connectivity index (χ4v) is 2.20. The van der Waals surface area contributed by atoms with Crippen molar-refractivity contribution in [3.8, 4) is 0 Å². The number of nitrogens with one attached hydrogen (secondary N) is 1. The number of anilines is 1. The molecule has 0 aromatic carbocycles. The molecule has 0 bridgehead atoms. The van der Waals surface area contributed by atoms with Crippen molar-refractivity contribution in [2.24, 2.45) is 0 Å². The van der Waals surface area contributed by atoms with Crippen molar-refractivity contribution < 1.29 is 9.21 Å². The Bertz CT molecular complexity index is 641. The monoisotopic (exact) mass is 281 g/mol. The van der Waals surface area contributed by atoms with Gasteiger partial charge in [-0.1, -0.05) is 6.07 Å². The molecule has 5 nitrogen and oxygen atoms in total. The normalized spacial score (nSPS) is 12.0. The number of hydrogen-bond acceptors (Lipinski definition) is 3. The first kappa shape index (κ1) is 13.2. The molecule has 5 heteroatoms. The highest BCUT2D eigenvalue weighted by Gasteiger charge is 2.19. The van der Waals surface area contributed by atoms with Crippen LogP contribution in [0.25, 0.3) is 0 Å². The van der Waals surface area contributed by atoms with Gasteiger partial charge in [-0.2, -0.15) is 0 Å². The van der Waals surface area contributed by atoms with Gasteiger partial charge >= 0.3 is 0 Å². The van der Waals surface area contributed by atoms with Crippen LogP contribution in [0.4, 0.5) is 5.82 Å². The van der Waals surface area contributed by atoms with Crippen LogP contribution in [0, 0.1) is 0 Å². The molecule has 0 saturated carbocycles. The molecule has 3 aromatic heterocycles. The summed E-state index contributed by atoms with van der Waals surface area (Å²) in [6.07, 6.45) is 7.37. The summed E-state index contributed by atoms with van der Waals surface area (Å²) in [6, 6.07) is 12.8. The number of aromatic nitrogens is 2. The third-order valence-corrected chi connectivity index (χ3v) is 3.17. The lowest BCUT2D eigenvalue weighted by molar-refractivity contribution is -0.116. The lowest BCUT2D eigenvalue weighted by Crippen LogP contribution is -2.19. The lowest BCUT2D eigenvalue weighted by Gasteiger charge is -2.16. The fourth-order valence-electron chi connectivity index (χ4n) is 2.20. The van der Waals surface area contributed by atoms with E-state index in [9.17, 15) is 4.79 Å². The van der Waals surface area contributed by atoms with E-state index in [0.717, 1.165) is 5.76 Å². The van der Waals surface area contributed by atoms with E-state index in [2.05, 4.69) is 10.3 Å². The van der Waals surface area contributed by atoms with Crippen molar-refractivity contribution in [3.05, 3.63) is 73.1 Å². The number of furan rings is 1. The van der Waals surface area contributed by atoms with E-state index in [4.69, 9.17) is 4.42 Å². The third kappa shape index (κ3) is 3.20. The summed E-state index contributed by atoms with van der Waals surface area (Å²) in [6.45, 7) is 0. The molecule has 1 unspecified atom stereocenters. The third-order valence-electron chi connectivity index (χ3n) is 3.17. The molecule has 1 N–H and O–H groups in total. The lowest BCUT2D eigenvalue weighted by atomic mass is 10.1. The fraction of sp³-hybridized carbons (Fsp3) is 0.125. The number of amides is 1. The molecular weight excluding hydrogens is 266 g/mol.